The van der Waals surface area contributed by atoms with Crippen LogP contribution in [0.3, 0.4) is 0 Å². The van der Waals surface area contributed by atoms with Crippen LogP contribution in [0.1, 0.15) is 0 Å². The second kappa shape index (κ2) is 5.05. The molecule has 0 unspecified atom stereocenters. The smallest absolute Gasteiger partial charge is 0.387 e. The minimum absolute atomic E-state index is 0.107. The molecule has 0 aromatic heterocycles. The summed E-state index contributed by atoms with van der Waals surface area (Å²) in [4.78, 5) is 0.721. The second-order valence-corrected chi connectivity index (χ2v) is 3.96. The van der Waals surface area contributed by atoms with Gasteiger partial charge in [-0.25, -0.2) is 0 Å². The number of hydrogen-bond acceptors (Lipinski definition) is 2. The minimum Gasteiger partial charge on any atom is -0.433 e. The number of rotatable bonds is 3. The molecule has 0 aliphatic rings. The van der Waals surface area contributed by atoms with Gasteiger partial charge in [0.25, 0.3) is 0 Å². The number of halogens is 4. The molecule has 0 aliphatic heterocycles. The first-order valence-electron chi connectivity index (χ1n) is 3.52. The Labute approximate surface area is 94.3 Å². The van der Waals surface area contributed by atoms with E-state index in [1.807, 2.05) is 6.26 Å². The maximum Gasteiger partial charge on any atom is 0.387 e. The summed E-state index contributed by atoms with van der Waals surface area (Å²) in [6, 6.07) is 2.77. The normalized spacial score (nSPS) is 10.7. The van der Waals surface area contributed by atoms with Crippen molar-refractivity contribution < 1.29 is 13.5 Å². The highest BCUT2D eigenvalue weighted by Crippen LogP contribution is 2.35. The Bertz CT molecular complexity index is 333. The Kier molecular flexibility index (Phi) is 4.29. The molecule has 0 radical (unpaired) electrons. The van der Waals surface area contributed by atoms with Gasteiger partial charge in [-0.2, -0.15) is 8.78 Å². The van der Waals surface area contributed by atoms with E-state index in [-0.39, 0.29) is 10.8 Å². The van der Waals surface area contributed by atoms with E-state index in [1.165, 1.54) is 23.9 Å². The maximum absolute atomic E-state index is 11.9. The molecule has 14 heavy (non-hydrogen) atoms. The van der Waals surface area contributed by atoms with Crippen LogP contribution in [-0.2, 0) is 0 Å². The maximum atomic E-state index is 11.9. The van der Waals surface area contributed by atoms with Crippen molar-refractivity contribution in [1.29, 1.82) is 0 Å². The highest BCUT2D eigenvalue weighted by atomic mass is 35.5. The second-order valence-electron chi connectivity index (χ2n) is 2.30. The van der Waals surface area contributed by atoms with Gasteiger partial charge in [-0.05, 0) is 12.3 Å². The van der Waals surface area contributed by atoms with Gasteiger partial charge in [-0.15, -0.1) is 11.8 Å². The Hall–Kier alpha value is -0.190. The van der Waals surface area contributed by atoms with Gasteiger partial charge in [0, 0.05) is 11.0 Å². The molecule has 78 valence electrons. The number of benzene rings is 1. The quantitative estimate of drug-likeness (QED) is 0.747. The molecule has 1 nitrogen and oxygen atoms in total. The highest BCUT2D eigenvalue weighted by molar-refractivity contribution is 7.98. The minimum atomic E-state index is -2.90. The summed E-state index contributed by atoms with van der Waals surface area (Å²) in [6.45, 7) is -2.90. The lowest BCUT2D eigenvalue weighted by Gasteiger charge is -2.08. The van der Waals surface area contributed by atoms with Crippen LogP contribution in [0, 0.1) is 0 Å². The molecule has 0 atom stereocenters. The summed E-state index contributed by atoms with van der Waals surface area (Å²) < 4.78 is 27.9. The monoisotopic (exact) mass is 258 g/mol. The Morgan fingerprint density at radius 1 is 1.29 bits per heavy atom. The van der Waals surface area contributed by atoms with Crippen molar-refractivity contribution in [3.05, 3.63) is 22.2 Å². The highest BCUT2D eigenvalue weighted by Gasteiger charge is 2.11. The molecule has 0 saturated carbocycles. The molecule has 0 heterocycles. The van der Waals surface area contributed by atoms with Crippen molar-refractivity contribution in [3.8, 4) is 5.75 Å². The molecule has 0 bridgehead atoms. The van der Waals surface area contributed by atoms with Crippen molar-refractivity contribution in [3.63, 3.8) is 0 Å². The average Bonchev–Trinajstić information content (AvgIpc) is 2.10. The van der Waals surface area contributed by atoms with Gasteiger partial charge in [0.2, 0.25) is 0 Å². The molecule has 1 rings (SSSR count). The van der Waals surface area contributed by atoms with Crippen LogP contribution in [0.2, 0.25) is 10.0 Å². The zero-order chi connectivity index (χ0) is 10.7. The average molecular weight is 259 g/mol. The molecule has 1 aromatic rings. The van der Waals surface area contributed by atoms with Gasteiger partial charge < -0.3 is 4.74 Å². The third-order valence-corrected chi connectivity index (χ3v) is 2.92. The third-order valence-electron chi connectivity index (χ3n) is 1.42. The molecule has 1 aromatic carbocycles. The molecule has 0 aliphatic carbocycles. The lowest BCUT2D eigenvalue weighted by Crippen LogP contribution is -2.02. The Morgan fingerprint density at radius 2 is 1.93 bits per heavy atom. The first-order chi connectivity index (χ1) is 6.54. The largest absolute Gasteiger partial charge is 0.433 e. The molecule has 0 saturated heterocycles. The first-order valence-corrected chi connectivity index (χ1v) is 5.50. The SMILES string of the molecule is CSc1cc(Cl)c(OC(F)F)cc1Cl. The standard InChI is InChI=1S/C8H6Cl2F2OS/c1-14-7-3-4(9)6(2-5(7)10)13-8(11)12/h2-3,8H,1H3. The van der Waals surface area contributed by atoms with Gasteiger partial charge in [-0.1, -0.05) is 23.2 Å². The summed E-state index contributed by atoms with van der Waals surface area (Å²) in [5.74, 6) is -0.107. The van der Waals surface area contributed by atoms with Crippen molar-refractivity contribution in [2.24, 2.45) is 0 Å². The van der Waals surface area contributed by atoms with Crippen molar-refractivity contribution in [1.82, 2.24) is 0 Å². The van der Waals surface area contributed by atoms with Crippen LogP contribution >= 0.6 is 35.0 Å². The summed E-state index contributed by atoms with van der Waals surface area (Å²) in [5, 5.41) is 0.469. The lowest BCUT2D eigenvalue weighted by atomic mass is 10.3. The van der Waals surface area contributed by atoms with Crippen molar-refractivity contribution >= 4 is 35.0 Å². The summed E-state index contributed by atoms with van der Waals surface area (Å²) in [7, 11) is 0. The Morgan fingerprint density at radius 3 is 2.43 bits per heavy atom. The topological polar surface area (TPSA) is 9.23 Å². The molecule has 0 spiro atoms. The van der Waals surface area contributed by atoms with Crippen LogP contribution in [-0.4, -0.2) is 12.9 Å². The Balaban J connectivity index is 3.02. The zero-order valence-electron chi connectivity index (χ0n) is 7.06. The number of hydrogen-bond donors (Lipinski definition) is 0. The van der Waals surface area contributed by atoms with E-state index in [1.54, 1.807) is 0 Å². The number of alkyl halides is 2. The van der Waals surface area contributed by atoms with Crippen LogP contribution < -0.4 is 4.74 Å². The molecular formula is C8H6Cl2F2OS. The first kappa shape index (κ1) is 11.9. The van der Waals surface area contributed by atoms with E-state index in [2.05, 4.69) is 4.74 Å². The molecule has 6 heteroatoms. The van der Waals surface area contributed by atoms with E-state index in [4.69, 9.17) is 23.2 Å². The molecular weight excluding hydrogens is 253 g/mol. The summed E-state index contributed by atoms with van der Waals surface area (Å²) in [6.07, 6.45) is 1.81. The van der Waals surface area contributed by atoms with Crippen LogP contribution in [0.5, 0.6) is 5.75 Å². The van der Waals surface area contributed by atoms with Crippen LogP contribution in [0.15, 0.2) is 17.0 Å². The van der Waals surface area contributed by atoms with Crippen molar-refractivity contribution in [2.75, 3.05) is 6.26 Å². The van der Waals surface area contributed by atoms with Gasteiger partial charge in [0.1, 0.15) is 5.75 Å². The predicted molar refractivity (Wildman–Crippen MR) is 54.9 cm³/mol. The number of ether oxygens (including phenoxy) is 1. The summed E-state index contributed by atoms with van der Waals surface area (Å²) >= 11 is 12.9. The lowest BCUT2D eigenvalue weighted by molar-refractivity contribution is -0.0498. The van der Waals surface area contributed by atoms with E-state index in [0.29, 0.717) is 5.02 Å². The van der Waals surface area contributed by atoms with E-state index in [0.717, 1.165) is 4.90 Å². The van der Waals surface area contributed by atoms with E-state index >= 15 is 0 Å². The zero-order valence-corrected chi connectivity index (χ0v) is 9.39. The molecule has 0 N–H and O–H groups in total. The fraction of sp³-hybridized carbons (Fsp3) is 0.250. The van der Waals surface area contributed by atoms with Gasteiger partial charge >= 0.3 is 6.61 Å². The van der Waals surface area contributed by atoms with Crippen LogP contribution in [0.4, 0.5) is 8.78 Å². The van der Waals surface area contributed by atoms with E-state index < -0.39 is 6.61 Å². The van der Waals surface area contributed by atoms with Crippen LogP contribution in [0.25, 0.3) is 0 Å². The molecule has 0 amide bonds. The predicted octanol–water partition coefficient (Wildman–Crippen LogP) is 4.32. The van der Waals surface area contributed by atoms with E-state index in [9.17, 15) is 8.78 Å². The van der Waals surface area contributed by atoms with Gasteiger partial charge in [-0.3, -0.25) is 0 Å². The fourth-order valence-corrected chi connectivity index (χ4v) is 2.00. The fourth-order valence-electron chi connectivity index (χ4n) is 0.853. The summed E-state index contributed by atoms with van der Waals surface area (Å²) in [5.41, 5.74) is 0. The number of thioether (sulfide) groups is 1. The van der Waals surface area contributed by atoms with Crippen molar-refractivity contribution in [2.45, 2.75) is 11.5 Å². The van der Waals surface area contributed by atoms with Gasteiger partial charge in [0.15, 0.2) is 0 Å². The van der Waals surface area contributed by atoms with Gasteiger partial charge in [0.05, 0.1) is 10.0 Å². The molecule has 0 fully saturated rings. The third kappa shape index (κ3) is 2.90.